The molecule has 4 aromatic rings. The van der Waals surface area contributed by atoms with Crippen LogP contribution in [0.15, 0.2) is 44.6 Å². The third-order valence-electron chi connectivity index (χ3n) is 6.54. The zero-order chi connectivity index (χ0) is 29.5. The number of pyridine rings is 1. The number of anilines is 1. The molecule has 0 spiro atoms. The van der Waals surface area contributed by atoms with Crippen molar-refractivity contribution in [3.8, 4) is 11.4 Å². The molecule has 1 aliphatic heterocycles. The Kier molecular flexibility index (Phi) is 7.76. The quantitative estimate of drug-likeness (QED) is 0.218. The number of carbonyl (C=O) groups is 1. The fourth-order valence-corrected chi connectivity index (χ4v) is 5.23. The summed E-state index contributed by atoms with van der Waals surface area (Å²) >= 11 is -0.313. The van der Waals surface area contributed by atoms with Gasteiger partial charge in [0.25, 0.3) is 5.91 Å². The molecule has 1 amide bonds. The van der Waals surface area contributed by atoms with Crippen molar-refractivity contribution >= 4 is 28.9 Å². The lowest BCUT2D eigenvalue weighted by Gasteiger charge is -2.33. The minimum absolute atomic E-state index is 0.00244. The number of oxazole rings is 1. The molecule has 10 nitrogen and oxygen atoms in total. The van der Waals surface area contributed by atoms with Crippen LogP contribution >= 0.6 is 11.8 Å². The van der Waals surface area contributed by atoms with Gasteiger partial charge in [0.15, 0.2) is 0 Å². The van der Waals surface area contributed by atoms with Gasteiger partial charge in [0.2, 0.25) is 23.4 Å². The SMILES string of the molecule is CN1CC[C@@H](Nc2cccn3c(SC(F)(F)F)c(-c4noc(CNC(=O)c5cnc(C(C)(C)C)o5)n4)cc23)[C@@H](F)C1. The van der Waals surface area contributed by atoms with Crippen molar-refractivity contribution in [2.45, 2.75) is 61.9 Å². The summed E-state index contributed by atoms with van der Waals surface area (Å²) in [6, 6.07) is 4.30. The first-order valence-electron chi connectivity index (χ1n) is 12.8. The summed E-state index contributed by atoms with van der Waals surface area (Å²) in [5.74, 6) is -0.284. The molecule has 4 aromatic heterocycles. The van der Waals surface area contributed by atoms with Gasteiger partial charge >= 0.3 is 5.51 Å². The summed E-state index contributed by atoms with van der Waals surface area (Å²) in [5, 5.41) is 9.45. The van der Waals surface area contributed by atoms with Crippen molar-refractivity contribution in [3.05, 3.63) is 48.1 Å². The van der Waals surface area contributed by atoms with E-state index in [4.69, 9.17) is 8.94 Å². The molecule has 0 bridgehead atoms. The Bertz CT molecular complexity index is 1540. The monoisotopic (exact) mass is 595 g/mol. The molecule has 0 radical (unpaired) electrons. The van der Waals surface area contributed by atoms with Crippen LogP contribution in [0.1, 0.15) is 49.5 Å². The standard InChI is InChI=1S/C26H29F4N7O3S/c1-25(2,3)24-32-11-19(39-24)22(38)31-12-20-34-21(35-40-20)14-10-18-17(33-16-7-9-36(4)13-15(16)27)6-5-8-37(18)23(14)41-26(28,29)30/h5-6,8,10-11,15-16,33H,7,9,12-13H2,1-4H3,(H,31,38)/t15-,16+/m0/s1. The zero-order valence-electron chi connectivity index (χ0n) is 22.8. The number of alkyl halides is 4. The summed E-state index contributed by atoms with van der Waals surface area (Å²) in [7, 11) is 1.84. The van der Waals surface area contributed by atoms with Crippen LogP contribution < -0.4 is 10.6 Å². The van der Waals surface area contributed by atoms with Gasteiger partial charge in [-0.1, -0.05) is 25.9 Å². The molecule has 1 aliphatic rings. The Morgan fingerprint density at radius 3 is 2.73 bits per heavy atom. The molecular weight excluding hydrogens is 566 g/mol. The van der Waals surface area contributed by atoms with Crippen molar-refractivity contribution < 1.29 is 31.3 Å². The molecule has 41 heavy (non-hydrogen) atoms. The molecule has 0 unspecified atom stereocenters. The second-order valence-corrected chi connectivity index (χ2v) is 11.9. The first-order chi connectivity index (χ1) is 19.3. The molecule has 0 aliphatic carbocycles. The summed E-state index contributed by atoms with van der Waals surface area (Å²) in [6.07, 6.45) is 2.20. The summed E-state index contributed by atoms with van der Waals surface area (Å²) in [5.41, 5.74) is -4.03. The number of aromatic nitrogens is 4. The van der Waals surface area contributed by atoms with E-state index in [1.807, 2.05) is 32.7 Å². The van der Waals surface area contributed by atoms with E-state index in [1.54, 1.807) is 12.1 Å². The molecule has 5 heterocycles. The molecule has 220 valence electrons. The van der Waals surface area contributed by atoms with Crippen molar-refractivity contribution in [3.63, 3.8) is 0 Å². The predicted molar refractivity (Wildman–Crippen MR) is 143 cm³/mol. The number of carbonyl (C=O) groups excluding carboxylic acids is 1. The minimum Gasteiger partial charge on any atom is -0.435 e. The van der Waals surface area contributed by atoms with Gasteiger partial charge in [0.1, 0.15) is 6.17 Å². The lowest BCUT2D eigenvalue weighted by molar-refractivity contribution is -0.0329. The van der Waals surface area contributed by atoms with Crippen LogP contribution in [0.3, 0.4) is 0 Å². The van der Waals surface area contributed by atoms with Crippen LogP contribution in [0, 0.1) is 0 Å². The highest BCUT2D eigenvalue weighted by atomic mass is 32.2. The Balaban J connectivity index is 1.40. The maximum Gasteiger partial charge on any atom is 0.447 e. The number of piperidine rings is 1. The minimum atomic E-state index is -4.60. The fraction of sp³-hybridized carbons (Fsp3) is 0.462. The average Bonchev–Trinajstić information content (AvgIpc) is 3.63. The highest BCUT2D eigenvalue weighted by molar-refractivity contribution is 8.00. The lowest BCUT2D eigenvalue weighted by atomic mass is 9.97. The van der Waals surface area contributed by atoms with Gasteiger partial charge in [0, 0.05) is 36.5 Å². The van der Waals surface area contributed by atoms with E-state index in [-0.39, 0.29) is 58.3 Å². The topological polar surface area (TPSA) is 114 Å². The van der Waals surface area contributed by atoms with E-state index in [1.165, 1.54) is 22.9 Å². The van der Waals surface area contributed by atoms with Crippen molar-refractivity contribution in [1.29, 1.82) is 0 Å². The second kappa shape index (κ2) is 11.0. The highest BCUT2D eigenvalue weighted by Gasteiger charge is 2.34. The van der Waals surface area contributed by atoms with Gasteiger partial charge in [0.05, 0.1) is 40.6 Å². The number of likely N-dealkylation sites (tertiary alicyclic amines) is 1. The lowest BCUT2D eigenvalue weighted by Crippen LogP contribution is -2.46. The van der Waals surface area contributed by atoms with Crippen molar-refractivity contribution in [2.24, 2.45) is 0 Å². The second-order valence-electron chi connectivity index (χ2n) is 10.9. The molecule has 0 aromatic carbocycles. The summed E-state index contributed by atoms with van der Waals surface area (Å²) in [4.78, 5) is 22.7. The van der Waals surface area contributed by atoms with E-state index >= 15 is 0 Å². The molecule has 2 N–H and O–H groups in total. The van der Waals surface area contributed by atoms with Gasteiger partial charge in [-0.2, -0.15) is 18.2 Å². The number of thioether (sulfide) groups is 1. The van der Waals surface area contributed by atoms with E-state index < -0.39 is 23.6 Å². The molecule has 1 saturated heterocycles. The van der Waals surface area contributed by atoms with Crippen LogP contribution in [-0.4, -0.2) is 68.2 Å². The molecule has 15 heteroatoms. The third kappa shape index (κ3) is 6.50. The maximum atomic E-state index is 14.7. The van der Waals surface area contributed by atoms with Gasteiger partial charge in [-0.15, -0.1) is 0 Å². The van der Waals surface area contributed by atoms with Crippen LogP contribution in [0.2, 0.25) is 0 Å². The normalized spacial score (nSPS) is 18.6. The largest absolute Gasteiger partial charge is 0.447 e. The Hall–Kier alpha value is -3.59. The molecule has 1 fully saturated rings. The molecule has 2 atom stereocenters. The van der Waals surface area contributed by atoms with Crippen LogP contribution in [0.4, 0.5) is 23.2 Å². The summed E-state index contributed by atoms with van der Waals surface area (Å²) in [6.45, 7) is 6.44. The number of fused-ring (bicyclic) bond motifs is 1. The van der Waals surface area contributed by atoms with Crippen molar-refractivity contribution in [2.75, 3.05) is 25.5 Å². The average molecular weight is 596 g/mol. The maximum absolute atomic E-state index is 14.7. The Labute approximate surface area is 236 Å². The Morgan fingerprint density at radius 1 is 1.27 bits per heavy atom. The van der Waals surface area contributed by atoms with Crippen molar-refractivity contribution in [1.82, 2.24) is 29.7 Å². The number of hydrogen-bond donors (Lipinski definition) is 2. The first kappa shape index (κ1) is 28.9. The molecular formula is C26H29F4N7O3S. The predicted octanol–water partition coefficient (Wildman–Crippen LogP) is 5.27. The zero-order valence-corrected chi connectivity index (χ0v) is 23.6. The van der Waals surface area contributed by atoms with Gasteiger partial charge in [-0.05, 0) is 31.7 Å². The van der Waals surface area contributed by atoms with Gasteiger partial charge < -0.3 is 28.9 Å². The van der Waals surface area contributed by atoms with E-state index in [9.17, 15) is 22.4 Å². The number of hydrogen-bond acceptors (Lipinski definition) is 9. The number of rotatable bonds is 7. The van der Waals surface area contributed by atoms with E-state index in [2.05, 4.69) is 25.8 Å². The molecule has 0 saturated carbocycles. The number of halogens is 4. The van der Waals surface area contributed by atoms with E-state index in [0.29, 0.717) is 30.1 Å². The van der Waals surface area contributed by atoms with Crippen LogP contribution in [0.25, 0.3) is 16.9 Å². The number of nitrogens with one attached hydrogen (secondary N) is 2. The molecule has 5 rings (SSSR count). The van der Waals surface area contributed by atoms with Gasteiger partial charge in [-0.25, -0.2) is 9.37 Å². The number of nitrogens with zero attached hydrogens (tertiary/aromatic N) is 5. The number of amides is 1. The van der Waals surface area contributed by atoms with Crippen LogP contribution in [0.5, 0.6) is 0 Å². The highest BCUT2D eigenvalue weighted by Crippen LogP contribution is 2.44. The summed E-state index contributed by atoms with van der Waals surface area (Å²) < 4.78 is 67.7. The van der Waals surface area contributed by atoms with Gasteiger partial charge in [-0.3, -0.25) is 4.79 Å². The Morgan fingerprint density at radius 2 is 2.05 bits per heavy atom. The van der Waals surface area contributed by atoms with Crippen LogP contribution in [-0.2, 0) is 12.0 Å². The fourth-order valence-electron chi connectivity index (χ4n) is 4.49. The third-order valence-corrected chi connectivity index (χ3v) is 7.38. The smallest absolute Gasteiger partial charge is 0.435 e. The first-order valence-corrected chi connectivity index (χ1v) is 13.7. The van der Waals surface area contributed by atoms with E-state index in [0.717, 1.165) is 0 Å².